The molecule has 0 saturated heterocycles. The van der Waals surface area contributed by atoms with E-state index in [2.05, 4.69) is 10.6 Å². The molecule has 3 rings (SSSR count). The summed E-state index contributed by atoms with van der Waals surface area (Å²) >= 11 is 0. The Kier molecular flexibility index (Phi) is 4.74. The molecule has 0 spiro atoms. The number of hydrogen-bond acceptors (Lipinski definition) is 6. The number of hydrogen-bond donors (Lipinski definition) is 2. The predicted octanol–water partition coefficient (Wildman–Crippen LogP) is 2.43. The van der Waals surface area contributed by atoms with Gasteiger partial charge in [0.25, 0.3) is 0 Å². The zero-order chi connectivity index (χ0) is 17.8. The molecule has 1 atom stereocenters. The van der Waals surface area contributed by atoms with Crippen molar-refractivity contribution in [3.63, 3.8) is 0 Å². The number of rotatable bonds is 5. The van der Waals surface area contributed by atoms with Crippen molar-refractivity contribution < 1.29 is 23.8 Å². The van der Waals surface area contributed by atoms with Crippen LogP contribution >= 0.6 is 0 Å². The maximum Gasteiger partial charge on any atom is 0.334 e. The number of nitrogens with one attached hydrogen (secondary N) is 2. The number of anilines is 2. The number of carbonyl (C=O) groups is 2. The molecular formula is C18H18N2O5. The van der Waals surface area contributed by atoms with E-state index in [1.165, 1.54) is 7.11 Å². The lowest BCUT2D eigenvalue weighted by Crippen LogP contribution is -2.39. The molecule has 2 N–H and O–H groups in total. The Morgan fingerprint density at radius 1 is 1.20 bits per heavy atom. The molecule has 1 aliphatic heterocycles. The molecule has 1 amide bonds. The number of fused-ring (bicyclic) bond motifs is 1. The monoisotopic (exact) mass is 342 g/mol. The molecule has 25 heavy (non-hydrogen) atoms. The second-order valence-corrected chi connectivity index (χ2v) is 5.43. The Morgan fingerprint density at radius 3 is 2.76 bits per heavy atom. The standard InChI is InChI=1S/C18H18N2O5/c1-23-11-7-8-13(16(9-11)24-2)20-17(21)10-14-18(22)25-15-6-4-3-5-12(15)19-14/h3-9,14,19H,10H2,1-2H3,(H,20,21)/t14-/m1/s1. The fourth-order valence-electron chi connectivity index (χ4n) is 2.52. The molecule has 0 saturated carbocycles. The van der Waals surface area contributed by atoms with Crippen LogP contribution in [0.15, 0.2) is 42.5 Å². The first-order valence-electron chi connectivity index (χ1n) is 7.70. The number of methoxy groups -OCH3 is 2. The van der Waals surface area contributed by atoms with Crippen molar-refractivity contribution >= 4 is 23.3 Å². The molecule has 0 fully saturated rings. The SMILES string of the molecule is COc1ccc(NC(=O)C[C@H]2Nc3ccccc3OC2=O)c(OC)c1. The molecule has 0 unspecified atom stereocenters. The molecule has 0 aliphatic carbocycles. The van der Waals surface area contributed by atoms with Crippen molar-refractivity contribution in [2.24, 2.45) is 0 Å². The van der Waals surface area contributed by atoms with E-state index in [-0.39, 0.29) is 12.3 Å². The Balaban J connectivity index is 1.68. The second kappa shape index (κ2) is 7.12. The van der Waals surface area contributed by atoms with Crippen molar-refractivity contribution in [3.8, 4) is 17.2 Å². The molecular weight excluding hydrogens is 324 g/mol. The zero-order valence-electron chi connectivity index (χ0n) is 13.9. The number of amides is 1. The van der Waals surface area contributed by atoms with Gasteiger partial charge in [0.15, 0.2) is 5.75 Å². The van der Waals surface area contributed by atoms with E-state index >= 15 is 0 Å². The van der Waals surface area contributed by atoms with Gasteiger partial charge in [-0.05, 0) is 24.3 Å². The van der Waals surface area contributed by atoms with Crippen LogP contribution < -0.4 is 24.8 Å². The van der Waals surface area contributed by atoms with Crippen molar-refractivity contribution in [3.05, 3.63) is 42.5 Å². The molecule has 2 aromatic carbocycles. The third-order valence-corrected chi connectivity index (χ3v) is 3.78. The van der Waals surface area contributed by atoms with E-state index in [4.69, 9.17) is 14.2 Å². The fraction of sp³-hybridized carbons (Fsp3) is 0.222. The summed E-state index contributed by atoms with van der Waals surface area (Å²) in [4.78, 5) is 24.4. The van der Waals surface area contributed by atoms with Crippen LogP contribution in [0.1, 0.15) is 6.42 Å². The van der Waals surface area contributed by atoms with E-state index in [1.54, 1.807) is 43.5 Å². The van der Waals surface area contributed by atoms with Crippen LogP contribution in [0.5, 0.6) is 17.2 Å². The molecule has 0 radical (unpaired) electrons. The summed E-state index contributed by atoms with van der Waals surface area (Å²) in [6.07, 6.45) is -0.0671. The highest BCUT2D eigenvalue weighted by molar-refractivity contribution is 5.97. The summed E-state index contributed by atoms with van der Waals surface area (Å²) in [5.74, 6) is 0.718. The van der Waals surface area contributed by atoms with Gasteiger partial charge in [-0.25, -0.2) is 4.79 Å². The normalized spacial score (nSPS) is 15.4. The minimum atomic E-state index is -0.751. The Morgan fingerprint density at radius 2 is 2.00 bits per heavy atom. The Labute approximate surface area is 144 Å². The minimum Gasteiger partial charge on any atom is -0.497 e. The van der Waals surface area contributed by atoms with Crippen LogP contribution in [0.4, 0.5) is 11.4 Å². The van der Waals surface area contributed by atoms with Crippen LogP contribution in [0, 0.1) is 0 Å². The van der Waals surface area contributed by atoms with Crippen molar-refractivity contribution in [1.82, 2.24) is 0 Å². The molecule has 1 heterocycles. The van der Waals surface area contributed by atoms with E-state index in [0.29, 0.717) is 28.6 Å². The van der Waals surface area contributed by atoms with E-state index in [1.807, 2.05) is 6.07 Å². The molecule has 0 aromatic heterocycles. The quantitative estimate of drug-likeness (QED) is 0.641. The maximum atomic E-state index is 12.3. The van der Waals surface area contributed by atoms with Gasteiger partial charge in [-0.15, -0.1) is 0 Å². The average molecular weight is 342 g/mol. The van der Waals surface area contributed by atoms with Gasteiger partial charge in [-0.2, -0.15) is 0 Å². The third-order valence-electron chi connectivity index (χ3n) is 3.78. The van der Waals surface area contributed by atoms with Crippen molar-refractivity contribution in [1.29, 1.82) is 0 Å². The van der Waals surface area contributed by atoms with Gasteiger partial charge in [0.1, 0.15) is 17.5 Å². The summed E-state index contributed by atoms with van der Waals surface area (Å²) in [5, 5.41) is 5.76. The summed E-state index contributed by atoms with van der Waals surface area (Å²) in [5.41, 5.74) is 1.18. The Bertz CT molecular complexity index is 806. The molecule has 7 heteroatoms. The highest BCUT2D eigenvalue weighted by atomic mass is 16.5. The topological polar surface area (TPSA) is 85.9 Å². The van der Waals surface area contributed by atoms with Crippen LogP contribution in [0.25, 0.3) is 0 Å². The van der Waals surface area contributed by atoms with Crippen LogP contribution in [0.2, 0.25) is 0 Å². The maximum absolute atomic E-state index is 12.3. The van der Waals surface area contributed by atoms with Crippen molar-refractivity contribution in [2.75, 3.05) is 24.9 Å². The van der Waals surface area contributed by atoms with Gasteiger partial charge in [0.05, 0.1) is 32.0 Å². The third kappa shape index (κ3) is 3.65. The van der Waals surface area contributed by atoms with Gasteiger partial charge in [0.2, 0.25) is 5.91 Å². The summed E-state index contributed by atoms with van der Waals surface area (Å²) in [7, 11) is 3.05. The highest BCUT2D eigenvalue weighted by Crippen LogP contribution is 2.31. The highest BCUT2D eigenvalue weighted by Gasteiger charge is 2.29. The fourth-order valence-corrected chi connectivity index (χ4v) is 2.52. The lowest BCUT2D eigenvalue weighted by Gasteiger charge is -2.25. The molecule has 0 bridgehead atoms. The molecule has 7 nitrogen and oxygen atoms in total. The summed E-state index contributed by atoms with van der Waals surface area (Å²) < 4.78 is 15.6. The number of para-hydroxylation sites is 2. The zero-order valence-corrected chi connectivity index (χ0v) is 13.9. The summed E-state index contributed by atoms with van der Waals surface area (Å²) in [6, 6.07) is 11.4. The average Bonchev–Trinajstić information content (AvgIpc) is 2.62. The van der Waals surface area contributed by atoms with Crippen LogP contribution in [0.3, 0.4) is 0 Å². The number of carbonyl (C=O) groups excluding carboxylic acids is 2. The van der Waals surface area contributed by atoms with Crippen molar-refractivity contribution in [2.45, 2.75) is 12.5 Å². The summed E-state index contributed by atoms with van der Waals surface area (Å²) in [6.45, 7) is 0. The van der Waals surface area contributed by atoms with Gasteiger partial charge >= 0.3 is 5.97 Å². The Hall–Kier alpha value is -3.22. The molecule has 2 aromatic rings. The van der Waals surface area contributed by atoms with E-state index in [0.717, 1.165) is 0 Å². The van der Waals surface area contributed by atoms with Crippen LogP contribution in [-0.2, 0) is 9.59 Å². The predicted molar refractivity (Wildman–Crippen MR) is 92.3 cm³/mol. The first kappa shape index (κ1) is 16.6. The molecule has 130 valence electrons. The van der Waals surface area contributed by atoms with E-state index < -0.39 is 12.0 Å². The second-order valence-electron chi connectivity index (χ2n) is 5.43. The first-order valence-corrected chi connectivity index (χ1v) is 7.70. The lowest BCUT2D eigenvalue weighted by atomic mass is 10.1. The number of benzene rings is 2. The van der Waals surface area contributed by atoms with Crippen LogP contribution in [-0.4, -0.2) is 32.1 Å². The molecule has 1 aliphatic rings. The number of esters is 1. The van der Waals surface area contributed by atoms with Gasteiger partial charge < -0.3 is 24.8 Å². The van der Waals surface area contributed by atoms with Gasteiger partial charge in [-0.3, -0.25) is 4.79 Å². The largest absolute Gasteiger partial charge is 0.497 e. The van der Waals surface area contributed by atoms with Gasteiger partial charge in [-0.1, -0.05) is 12.1 Å². The number of ether oxygens (including phenoxy) is 3. The minimum absolute atomic E-state index is 0.0671. The van der Waals surface area contributed by atoms with Gasteiger partial charge in [0, 0.05) is 6.07 Å². The van der Waals surface area contributed by atoms with E-state index in [9.17, 15) is 9.59 Å². The first-order chi connectivity index (χ1) is 12.1. The lowest BCUT2D eigenvalue weighted by molar-refractivity contribution is -0.137. The smallest absolute Gasteiger partial charge is 0.334 e.